The van der Waals surface area contributed by atoms with Crippen LogP contribution in [0.4, 0.5) is 5.69 Å². The first-order valence-corrected chi connectivity index (χ1v) is 12.3. The second-order valence-electron chi connectivity index (χ2n) is 9.78. The molecule has 1 aliphatic carbocycles. The van der Waals surface area contributed by atoms with E-state index in [0.717, 1.165) is 39.4 Å². The van der Waals surface area contributed by atoms with Gasteiger partial charge in [0.2, 0.25) is 0 Å². The Hall–Kier alpha value is -3.31. The average molecular weight is 470 g/mol. The average Bonchev–Trinajstić information content (AvgIpc) is 2.95. The molecule has 3 aromatic rings. The molecule has 1 atom stereocenters. The molecule has 172 valence electrons. The van der Waals surface area contributed by atoms with Crippen molar-refractivity contribution in [1.29, 1.82) is 0 Å². The molecule has 3 aromatic carbocycles. The summed E-state index contributed by atoms with van der Waals surface area (Å²) in [5.41, 5.74) is 5.44. The van der Waals surface area contributed by atoms with E-state index >= 15 is 0 Å². The number of nitrogens with one attached hydrogen (secondary N) is 1. The van der Waals surface area contributed by atoms with Crippen LogP contribution in [-0.2, 0) is 4.79 Å². The fourth-order valence-electron chi connectivity index (χ4n) is 4.57. The second-order valence-corrected chi connectivity index (χ2v) is 10.9. The Bertz CT molecular complexity index is 1290. The number of esters is 1. The first-order valence-electron chi connectivity index (χ1n) is 11.5. The Morgan fingerprint density at radius 2 is 1.68 bits per heavy atom. The highest BCUT2D eigenvalue weighted by Gasteiger charge is 2.39. The zero-order valence-electron chi connectivity index (χ0n) is 19.6. The number of aryl methyl sites for hydroxylation is 1. The zero-order chi connectivity index (χ0) is 23.9. The molecule has 0 fully saturated rings. The summed E-state index contributed by atoms with van der Waals surface area (Å²) in [6, 6.07) is 23.0. The molecule has 0 saturated heterocycles. The van der Waals surface area contributed by atoms with Crippen LogP contribution in [0, 0.1) is 12.3 Å². The van der Waals surface area contributed by atoms with E-state index in [-0.39, 0.29) is 22.4 Å². The van der Waals surface area contributed by atoms with Gasteiger partial charge < -0.3 is 10.1 Å². The van der Waals surface area contributed by atoms with E-state index in [9.17, 15) is 9.59 Å². The second kappa shape index (κ2) is 8.80. The fraction of sp³-hybridized carbons (Fsp3) is 0.241. The van der Waals surface area contributed by atoms with Gasteiger partial charge in [0.15, 0.2) is 5.78 Å². The van der Waals surface area contributed by atoms with Crippen LogP contribution in [0.1, 0.15) is 53.4 Å². The summed E-state index contributed by atoms with van der Waals surface area (Å²) in [5, 5.41) is 3.45. The third kappa shape index (κ3) is 4.53. The minimum absolute atomic E-state index is 0.0779. The van der Waals surface area contributed by atoms with Crippen LogP contribution in [0.15, 0.2) is 89.0 Å². The van der Waals surface area contributed by atoms with Gasteiger partial charge in [0.25, 0.3) is 0 Å². The maximum absolute atomic E-state index is 13.3. The van der Waals surface area contributed by atoms with Crippen LogP contribution in [0.2, 0.25) is 0 Å². The molecular formula is C29H27NO3S. The summed E-state index contributed by atoms with van der Waals surface area (Å²) < 4.78 is 5.58. The minimum atomic E-state index is -0.385. The van der Waals surface area contributed by atoms with Gasteiger partial charge in [0, 0.05) is 22.6 Å². The highest BCUT2D eigenvalue weighted by molar-refractivity contribution is 8.00. The molecule has 0 aromatic heterocycles. The van der Waals surface area contributed by atoms with Gasteiger partial charge in [0.05, 0.1) is 16.5 Å². The smallest absolute Gasteiger partial charge is 0.343 e. The predicted octanol–water partition coefficient (Wildman–Crippen LogP) is 7.12. The van der Waals surface area contributed by atoms with E-state index < -0.39 is 0 Å². The third-order valence-corrected chi connectivity index (χ3v) is 7.63. The summed E-state index contributed by atoms with van der Waals surface area (Å²) >= 11 is 1.69. The van der Waals surface area contributed by atoms with Crippen LogP contribution in [-0.4, -0.2) is 11.8 Å². The molecule has 1 aliphatic heterocycles. The van der Waals surface area contributed by atoms with Crippen molar-refractivity contribution in [1.82, 2.24) is 0 Å². The molecular weight excluding hydrogens is 442 g/mol. The number of benzene rings is 3. The molecule has 1 heterocycles. The largest absolute Gasteiger partial charge is 0.423 e. The first-order chi connectivity index (χ1) is 16.3. The van der Waals surface area contributed by atoms with Crippen molar-refractivity contribution in [2.45, 2.75) is 43.8 Å². The van der Waals surface area contributed by atoms with Gasteiger partial charge in [-0.05, 0) is 60.7 Å². The van der Waals surface area contributed by atoms with Gasteiger partial charge in [-0.2, -0.15) is 0 Å². The number of para-hydroxylation sites is 1. The Morgan fingerprint density at radius 1 is 0.971 bits per heavy atom. The summed E-state index contributed by atoms with van der Waals surface area (Å²) in [5.74, 6) is 0.292. The number of thioether (sulfide) groups is 1. The number of anilines is 1. The van der Waals surface area contributed by atoms with Crippen molar-refractivity contribution in [2.75, 3.05) is 5.32 Å². The van der Waals surface area contributed by atoms with Crippen molar-refractivity contribution in [3.63, 3.8) is 0 Å². The van der Waals surface area contributed by atoms with Gasteiger partial charge in [-0.15, -0.1) is 11.8 Å². The first kappa shape index (κ1) is 22.5. The highest BCUT2D eigenvalue weighted by atomic mass is 32.2. The van der Waals surface area contributed by atoms with E-state index in [1.54, 1.807) is 23.9 Å². The number of hydrogen-bond acceptors (Lipinski definition) is 5. The number of ether oxygens (including phenoxy) is 1. The zero-order valence-corrected chi connectivity index (χ0v) is 20.4. The number of hydrogen-bond donors (Lipinski definition) is 1. The van der Waals surface area contributed by atoms with E-state index in [2.05, 4.69) is 31.3 Å². The van der Waals surface area contributed by atoms with Gasteiger partial charge in [-0.25, -0.2) is 4.79 Å². The maximum Gasteiger partial charge on any atom is 0.343 e. The van der Waals surface area contributed by atoms with E-state index in [1.807, 2.05) is 55.5 Å². The molecule has 0 unspecified atom stereocenters. The molecule has 5 heteroatoms. The SMILES string of the molecule is Cc1ccc(C(=O)Oc2ccc([C@H]3Sc4ccccc4NC4=C3C(=O)CC(C)(C)C4)cc2)cc1. The Morgan fingerprint density at radius 3 is 2.41 bits per heavy atom. The number of ketones is 1. The van der Waals surface area contributed by atoms with Crippen molar-refractivity contribution in [3.8, 4) is 5.75 Å². The molecule has 0 radical (unpaired) electrons. The lowest BCUT2D eigenvalue weighted by atomic mass is 9.74. The molecule has 0 bridgehead atoms. The minimum Gasteiger partial charge on any atom is -0.423 e. The lowest BCUT2D eigenvalue weighted by Crippen LogP contribution is -2.29. The predicted molar refractivity (Wildman–Crippen MR) is 136 cm³/mol. The number of fused-ring (bicyclic) bond motifs is 1. The van der Waals surface area contributed by atoms with E-state index in [1.165, 1.54) is 0 Å². The van der Waals surface area contributed by atoms with Crippen molar-refractivity contribution < 1.29 is 14.3 Å². The summed E-state index contributed by atoms with van der Waals surface area (Å²) in [6.07, 6.45) is 1.36. The monoisotopic (exact) mass is 469 g/mol. The van der Waals surface area contributed by atoms with Crippen LogP contribution in [0.3, 0.4) is 0 Å². The number of carbonyl (C=O) groups is 2. The number of rotatable bonds is 3. The number of allylic oxidation sites excluding steroid dienone is 1. The Labute approximate surface area is 204 Å². The highest BCUT2D eigenvalue weighted by Crippen LogP contribution is 2.52. The lowest BCUT2D eigenvalue weighted by Gasteiger charge is -2.33. The van der Waals surface area contributed by atoms with Gasteiger partial charge >= 0.3 is 5.97 Å². The number of Topliss-reactive ketones (excluding diaryl/α,β-unsaturated/α-hetero) is 1. The molecule has 0 spiro atoms. The van der Waals surface area contributed by atoms with Gasteiger partial charge in [-0.3, -0.25) is 4.79 Å². The Kier molecular flexibility index (Phi) is 5.82. The normalized spacial score (nSPS) is 18.9. The fourth-order valence-corrected chi connectivity index (χ4v) is 5.91. The van der Waals surface area contributed by atoms with E-state index in [0.29, 0.717) is 17.7 Å². The van der Waals surface area contributed by atoms with Gasteiger partial charge in [0.1, 0.15) is 5.75 Å². The molecule has 0 saturated carbocycles. The molecule has 34 heavy (non-hydrogen) atoms. The van der Waals surface area contributed by atoms with Crippen molar-refractivity contribution in [3.05, 3.63) is 101 Å². The summed E-state index contributed by atoms with van der Waals surface area (Å²) in [7, 11) is 0. The molecule has 5 rings (SSSR count). The van der Waals surface area contributed by atoms with Crippen molar-refractivity contribution in [2.24, 2.45) is 5.41 Å². The molecule has 4 nitrogen and oxygen atoms in total. The topological polar surface area (TPSA) is 55.4 Å². The van der Waals surface area contributed by atoms with Crippen LogP contribution in [0.25, 0.3) is 0 Å². The molecule has 0 amide bonds. The summed E-state index contributed by atoms with van der Waals surface area (Å²) in [6.45, 7) is 6.27. The quantitative estimate of drug-likeness (QED) is 0.327. The Balaban J connectivity index is 1.46. The van der Waals surface area contributed by atoms with Crippen LogP contribution in [0.5, 0.6) is 5.75 Å². The summed E-state index contributed by atoms with van der Waals surface area (Å²) in [4.78, 5) is 27.0. The standard InChI is InChI=1S/C29H27NO3S/c1-18-8-10-20(11-9-18)28(32)33-21-14-12-19(13-15-21)27-26-23(16-29(2,3)17-24(26)31)30-22-6-4-5-7-25(22)34-27/h4-15,27,30H,16-17H2,1-3H3/t27-/m1/s1. The lowest BCUT2D eigenvalue weighted by molar-refractivity contribution is -0.118. The third-order valence-electron chi connectivity index (χ3n) is 6.28. The molecule has 2 aliphatic rings. The van der Waals surface area contributed by atoms with Crippen LogP contribution >= 0.6 is 11.8 Å². The maximum atomic E-state index is 13.3. The van der Waals surface area contributed by atoms with Crippen LogP contribution < -0.4 is 10.1 Å². The van der Waals surface area contributed by atoms with Crippen molar-refractivity contribution >= 4 is 29.2 Å². The molecule has 1 N–H and O–H groups in total. The number of carbonyl (C=O) groups excluding carboxylic acids is 2. The van der Waals surface area contributed by atoms with E-state index in [4.69, 9.17) is 4.74 Å². The van der Waals surface area contributed by atoms with Gasteiger partial charge in [-0.1, -0.05) is 55.8 Å².